The van der Waals surface area contributed by atoms with Crippen molar-refractivity contribution in [1.29, 1.82) is 0 Å². The van der Waals surface area contributed by atoms with Crippen LogP contribution in [-0.4, -0.2) is 15.5 Å². The van der Waals surface area contributed by atoms with Gasteiger partial charge < -0.3 is 4.74 Å². The summed E-state index contributed by atoms with van der Waals surface area (Å²) in [5.74, 6) is 0.355. The second-order valence-corrected chi connectivity index (χ2v) is 7.51. The van der Waals surface area contributed by atoms with E-state index >= 15 is 0 Å². The number of ether oxygens (including phenoxy) is 1. The molecular formula is C14H12BrClO3S. The first-order valence-corrected chi connectivity index (χ1v) is 8.55. The van der Waals surface area contributed by atoms with E-state index in [1.807, 2.05) is 0 Å². The van der Waals surface area contributed by atoms with Crippen molar-refractivity contribution in [1.82, 2.24) is 0 Å². The second-order valence-electron chi connectivity index (χ2n) is 4.17. The van der Waals surface area contributed by atoms with Gasteiger partial charge in [0, 0.05) is 15.1 Å². The van der Waals surface area contributed by atoms with Gasteiger partial charge in [0.15, 0.2) is 9.84 Å². The lowest BCUT2D eigenvalue weighted by Gasteiger charge is -2.10. The van der Waals surface area contributed by atoms with E-state index in [9.17, 15) is 8.42 Å². The maximum Gasteiger partial charge on any atom is 0.182 e. The van der Waals surface area contributed by atoms with Crippen LogP contribution in [0.1, 0.15) is 5.56 Å². The zero-order valence-corrected chi connectivity index (χ0v) is 13.8. The minimum Gasteiger partial charge on any atom is -0.496 e. The molecule has 0 amide bonds. The summed E-state index contributed by atoms with van der Waals surface area (Å²) in [6, 6.07) is 11.5. The first kappa shape index (κ1) is 15.4. The third kappa shape index (κ3) is 3.53. The van der Waals surface area contributed by atoms with Gasteiger partial charge in [-0.2, -0.15) is 0 Å². The zero-order chi connectivity index (χ0) is 14.8. The van der Waals surface area contributed by atoms with Crippen molar-refractivity contribution in [3.05, 3.63) is 57.5 Å². The molecule has 2 aromatic carbocycles. The highest BCUT2D eigenvalue weighted by atomic mass is 79.9. The highest BCUT2D eigenvalue weighted by Gasteiger charge is 2.18. The largest absolute Gasteiger partial charge is 0.496 e. The van der Waals surface area contributed by atoms with Crippen LogP contribution in [0.15, 0.2) is 51.8 Å². The van der Waals surface area contributed by atoms with Gasteiger partial charge in [0.2, 0.25) is 0 Å². The fourth-order valence-corrected chi connectivity index (χ4v) is 3.60. The molecule has 0 saturated carbocycles. The van der Waals surface area contributed by atoms with Crippen LogP contribution in [-0.2, 0) is 15.6 Å². The van der Waals surface area contributed by atoms with Crippen LogP contribution in [0.5, 0.6) is 5.75 Å². The van der Waals surface area contributed by atoms with E-state index < -0.39 is 9.84 Å². The van der Waals surface area contributed by atoms with E-state index in [-0.39, 0.29) is 10.6 Å². The van der Waals surface area contributed by atoms with Crippen LogP contribution in [0.4, 0.5) is 0 Å². The SMILES string of the molecule is COc1ccc(Cl)cc1CS(=O)(=O)c1ccc(Br)cc1. The monoisotopic (exact) mass is 374 g/mol. The Morgan fingerprint density at radius 3 is 2.40 bits per heavy atom. The number of benzene rings is 2. The van der Waals surface area contributed by atoms with Crippen LogP contribution in [0.3, 0.4) is 0 Å². The van der Waals surface area contributed by atoms with Crippen molar-refractivity contribution in [2.24, 2.45) is 0 Å². The summed E-state index contributed by atoms with van der Waals surface area (Å²) in [7, 11) is -1.94. The molecule has 0 atom stereocenters. The summed E-state index contributed by atoms with van der Waals surface area (Å²) in [5, 5.41) is 0.479. The summed E-state index contributed by atoms with van der Waals surface area (Å²) < 4.78 is 30.8. The van der Waals surface area contributed by atoms with Gasteiger partial charge in [-0.25, -0.2) is 8.42 Å². The Kier molecular flexibility index (Phi) is 4.73. The molecule has 0 N–H and O–H groups in total. The van der Waals surface area contributed by atoms with E-state index in [0.717, 1.165) is 4.47 Å². The first-order valence-electron chi connectivity index (χ1n) is 5.73. The number of methoxy groups -OCH3 is 1. The van der Waals surface area contributed by atoms with Crippen molar-refractivity contribution in [2.75, 3.05) is 7.11 Å². The van der Waals surface area contributed by atoms with Crippen molar-refractivity contribution in [3.63, 3.8) is 0 Å². The Labute approximate surface area is 131 Å². The molecule has 0 saturated heterocycles. The molecule has 2 aromatic rings. The van der Waals surface area contributed by atoms with E-state index in [4.69, 9.17) is 16.3 Å². The maximum absolute atomic E-state index is 12.4. The molecule has 0 fully saturated rings. The van der Waals surface area contributed by atoms with Crippen LogP contribution in [0.25, 0.3) is 0 Å². The fourth-order valence-electron chi connectivity index (χ4n) is 1.79. The number of hydrogen-bond donors (Lipinski definition) is 0. The van der Waals surface area contributed by atoms with Gasteiger partial charge in [-0.3, -0.25) is 0 Å². The Bertz CT molecular complexity index is 712. The van der Waals surface area contributed by atoms with Gasteiger partial charge in [0.05, 0.1) is 17.8 Å². The van der Waals surface area contributed by atoms with Gasteiger partial charge in [-0.1, -0.05) is 27.5 Å². The molecule has 0 unspecified atom stereocenters. The second kappa shape index (κ2) is 6.16. The summed E-state index contributed by atoms with van der Waals surface area (Å²) in [6.07, 6.45) is 0. The zero-order valence-electron chi connectivity index (χ0n) is 10.6. The third-order valence-electron chi connectivity index (χ3n) is 2.76. The lowest BCUT2D eigenvalue weighted by molar-refractivity contribution is 0.411. The Hall–Kier alpha value is -1.04. The summed E-state index contributed by atoms with van der Waals surface area (Å²) in [6.45, 7) is 0. The van der Waals surface area contributed by atoms with Gasteiger partial charge in [-0.15, -0.1) is 0 Å². The van der Waals surface area contributed by atoms with Crippen LogP contribution < -0.4 is 4.74 Å². The minimum absolute atomic E-state index is 0.154. The van der Waals surface area contributed by atoms with Crippen molar-refractivity contribution in [3.8, 4) is 5.75 Å². The van der Waals surface area contributed by atoms with Crippen LogP contribution in [0, 0.1) is 0 Å². The first-order chi connectivity index (χ1) is 9.42. The minimum atomic E-state index is -3.44. The molecule has 3 nitrogen and oxygen atoms in total. The van der Waals surface area contributed by atoms with Crippen LogP contribution in [0.2, 0.25) is 5.02 Å². The fraction of sp³-hybridized carbons (Fsp3) is 0.143. The smallest absolute Gasteiger partial charge is 0.182 e. The normalized spacial score (nSPS) is 11.3. The molecule has 2 rings (SSSR count). The molecule has 0 aliphatic carbocycles. The van der Waals surface area contributed by atoms with Crippen molar-refractivity contribution >= 4 is 37.4 Å². The highest BCUT2D eigenvalue weighted by Crippen LogP contribution is 2.27. The van der Waals surface area contributed by atoms with E-state index in [1.54, 1.807) is 42.5 Å². The Balaban J connectivity index is 2.37. The number of halogens is 2. The lowest BCUT2D eigenvalue weighted by atomic mass is 10.2. The molecule has 0 radical (unpaired) electrons. The molecular weight excluding hydrogens is 364 g/mol. The van der Waals surface area contributed by atoms with Gasteiger partial charge >= 0.3 is 0 Å². The molecule has 20 heavy (non-hydrogen) atoms. The number of hydrogen-bond acceptors (Lipinski definition) is 3. The van der Waals surface area contributed by atoms with Crippen molar-refractivity contribution < 1.29 is 13.2 Å². The van der Waals surface area contributed by atoms with Crippen molar-refractivity contribution in [2.45, 2.75) is 10.6 Å². The van der Waals surface area contributed by atoms with E-state index in [1.165, 1.54) is 7.11 Å². The van der Waals surface area contributed by atoms with Gasteiger partial charge in [0.25, 0.3) is 0 Å². The summed E-state index contributed by atoms with van der Waals surface area (Å²) >= 11 is 9.19. The predicted molar refractivity (Wildman–Crippen MR) is 83.0 cm³/mol. The predicted octanol–water partition coefficient (Wildman–Crippen LogP) is 4.09. The molecule has 0 aliphatic rings. The molecule has 0 bridgehead atoms. The Morgan fingerprint density at radius 1 is 1.15 bits per heavy atom. The van der Waals surface area contributed by atoms with Crippen LogP contribution >= 0.6 is 27.5 Å². The summed E-state index contributed by atoms with van der Waals surface area (Å²) in [4.78, 5) is 0.266. The van der Waals surface area contributed by atoms with Gasteiger partial charge in [0.1, 0.15) is 5.75 Å². The van der Waals surface area contributed by atoms with E-state index in [2.05, 4.69) is 15.9 Å². The molecule has 0 spiro atoms. The van der Waals surface area contributed by atoms with Gasteiger partial charge in [-0.05, 0) is 42.5 Å². The van der Waals surface area contributed by atoms with E-state index in [0.29, 0.717) is 16.3 Å². The standard InChI is InChI=1S/C14H12BrClO3S/c1-19-14-7-4-12(16)8-10(14)9-20(17,18)13-5-2-11(15)3-6-13/h2-8H,9H2,1H3. The highest BCUT2D eigenvalue weighted by molar-refractivity contribution is 9.10. The molecule has 0 heterocycles. The quantitative estimate of drug-likeness (QED) is 0.808. The molecule has 106 valence electrons. The Morgan fingerprint density at radius 2 is 1.80 bits per heavy atom. The average molecular weight is 376 g/mol. The molecule has 0 aliphatic heterocycles. The third-order valence-corrected chi connectivity index (χ3v) is 5.21. The molecule has 0 aromatic heterocycles. The maximum atomic E-state index is 12.4. The lowest BCUT2D eigenvalue weighted by Crippen LogP contribution is -2.06. The number of rotatable bonds is 4. The summed E-state index contributed by atoms with van der Waals surface area (Å²) in [5.41, 5.74) is 0.544. The molecule has 6 heteroatoms. The average Bonchev–Trinajstić information content (AvgIpc) is 2.39. The topological polar surface area (TPSA) is 43.4 Å². The number of sulfone groups is 1.